The maximum atomic E-state index is 12.4. The second-order valence-corrected chi connectivity index (χ2v) is 2.73. The predicted molar refractivity (Wildman–Crippen MR) is 42.6 cm³/mol. The molecule has 1 rings (SSSR count). The lowest BCUT2D eigenvalue weighted by molar-refractivity contribution is -0.267. The summed E-state index contributed by atoms with van der Waals surface area (Å²) >= 11 is 0. The molecule has 0 fully saturated rings. The van der Waals surface area contributed by atoms with Crippen molar-refractivity contribution in [2.24, 2.45) is 0 Å². The minimum absolute atomic E-state index is 0.258. The summed E-state index contributed by atoms with van der Waals surface area (Å²) in [7, 11) is 0. The van der Waals surface area contributed by atoms with Crippen LogP contribution in [-0.4, -0.2) is 28.2 Å². The van der Waals surface area contributed by atoms with Crippen LogP contribution in [0.1, 0.15) is 0 Å². The van der Waals surface area contributed by atoms with Gasteiger partial charge in [-0.05, 0) is 0 Å². The average Bonchev–Trinajstić information content (AvgIpc) is 2.49. The van der Waals surface area contributed by atoms with Crippen molar-refractivity contribution < 1.29 is 26.7 Å². The van der Waals surface area contributed by atoms with Gasteiger partial charge in [0, 0.05) is 0 Å². The van der Waals surface area contributed by atoms with Crippen molar-refractivity contribution in [1.82, 2.24) is 10.2 Å². The molecule has 0 aliphatic carbocycles. The molecule has 16 heavy (non-hydrogen) atoms. The first-order chi connectivity index (χ1) is 7.16. The van der Waals surface area contributed by atoms with E-state index < -0.39 is 23.8 Å². The Balaban J connectivity index is 2.85. The highest BCUT2D eigenvalue weighted by Gasteiger charge is 2.63. The lowest BCUT2D eigenvalue weighted by atomic mass is 10.3. The Morgan fingerprint density at radius 1 is 1.38 bits per heavy atom. The van der Waals surface area contributed by atoms with Crippen molar-refractivity contribution in [2.75, 3.05) is 11.1 Å². The third kappa shape index (κ3) is 2.04. The molecule has 4 N–H and O–H groups in total. The molecule has 0 saturated heterocycles. The molecule has 1 amide bonds. The average molecular weight is 244 g/mol. The summed E-state index contributed by atoms with van der Waals surface area (Å²) in [6, 6.07) is 0. The van der Waals surface area contributed by atoms with E-state index in [4.69, 9.17) is 5.73 Å². The van der Waals surface area contributed by atoms with Gasteiger partial charge in [-0.15, -0.1) is 0 Å². The van der Waals surface area contributed by atoms with Crippen LogP contribution in [0.3, 0.4) is 0 Å². The van der Waals surface area contributed by atoms with Crippen molar-refractivity contribution in [3.8, 4) is 0 Å². The molecule has 1 aromatic rings. The largest absolute Gasteiger partial charge is 0.463 e. The molecule has 1 heterocycles. The monoisotopic (exact) mass is 244 g/mol. The van der Waals surface area contributed by atoms with Crippen LogP contribution in [0.2, 0.25) is 0 Å². The van der Waals surface area contributed by atoms with Crippen LogP contribution < -0.4 is 11.1 Å². The number of nitrogens with two attached hydrogens (primary N) is 1. The Bertz CT molecular complexity index is 398. The molecule has 5 nitrogen and oxygen atoms in total. The number of aromatic amines is 1. The molecule has 0 bridgehead atoms. The summed E-state index contributed by atoms with van der Waals surface area (Å²) in [5.74, 6) is -8.55. The van der Waals surface area contributed by atoms with Crippen molar-refractivity contribution >= 4 is 17.4 Å². The number of alkyl halides is 5. The van der Waals surface area contributed by atoms with Gasteiger partial charge in [0.25, 0.3) is 0 Å². The van der Waals surface area contributed by atoms with Crippen LogP contribution in [0.4, 0.5) is 33.5 Å². The molecule has 0 spiro atoms. The van der Waals surface area contributed by atoms with Gasteiger partial charge in [-0.25, -0.2) is 0 Å². The van der Waals surface area contributed by atoms with Crippen LogP contribution in [0.5, 0.6) is 0 Å². The number of hydrogen-bond acceptors (Lipinski definition) is 3. The number of hydrogen-bond donors (Lipinski definition) is 3. The first kappa shape index (κ1) is 12.2. The van der Waals surface area contributed by atoms with Crippen LogP contribution in [0.25, 0.3) is 0 Å². The van der Waals surface area contributed by atoms with E-state index in [0.717, 1.165) is 6.20 Å². The molecule has 0 aliphatic heterocycles. The number of rotatable bonds is 2. The molecule has 0 atom stereocenters. The zero-order valence-corrected chi connectivity index (χ0v) is 7.40. The normalized spacial score (nSPS) is 12.6. The topological polar surface area (TPSA) is 83.8 Å². The van der Waals surface area contributed by atoms with Crippen LogP contribution in [0, 0.1) is 0 Å². The summed E-state index contributed by atoms with van der Waals surface area (Å²) in [5, 5.41) is 6.47. The molecular formula is C6H5F5N4O. The number of nitrogens with one attached hydrogen (secondary N) is 2. The molecular weight excluding hydrogens is 239 g/mol. The summed E-state index contributed by atoms with van der Waals surface area (Å²) in [5.41, 5.74) is 4.85. The van der Waals surface area contributed by atoms with Gasteiger partial charge in [-0.2, -0.15) is 27.1 Å². The Hall–Kier alpha value is -1.87. The van der Waals surface area contributed by atoms with Crippen molar-refractivity contribution in [1.29, 1.82) is 0 Å². The Morgan fingerprint density at radius 2 is 1.94 bits per heavy atom. The SMILES string of the molecule is Nc1cn[nH]c1NC(=O)C(F)(F)C(F)(F)F. The first-order valence-corrected chi connectivity index (χ1v) is 3.71. The van der Waals surface area contributed by atoms with E-state index in [1.165, 1.54) is 5.32 Å². The summed E-state index contributed by atoms with van der Waals surface area (Å²) in [6.07, 6.45) is -5.02. The summed E-state index contributed by atoms with van der Waals surface area (Å²) in [6.45, 7) is 0. The van der Waals surface area contributed by atoms with Gasteiger partial charge in [0.05, 0.1) is 11.9 Å². The van der Waals surface area contributed by atoms with E-state index >= 15 is 0 Å². The highest BCUT2D eigenvalue weighted by Crippen LogP contribution is 2.36. The summed E-state index contributed by atoms with van der Waals surface area (Å²) in [4.78, 5) is 10.6. The van der Waals surface area contributed by atoms with Gasteiger partial charge >= 0.3 is 18.0 Å². The van der Waals surface area contributed by atoms with E-state index in [0.29, 0.717) is 0 Å². The maximum absolute atomic E-state index is 12.4. The lowest BCUT2D eigenvalue weighted by Gasteiger charge is -2.18. The van der Waals surface area contributed by atoms with Crippen LogP contribution >= 0.6 is 0 Å². The summed E-state index contributed by atoms with van der Waals surface area (Å²) < 4.78 is 60.1. The van der Waals surface area contributed by atoms with E-state index in [-0.39, 0.29) is 5.69 Å². The van der Waals surface area contributed by atoms with Gasteiger partial charge in [-0.3, -0.25) is 9.89 Å². The second-order valence-electron chi connectivity index (χ2n) is 2.73. The zero-order chi connectivity index (χ0) is 12.6. The van der Waals surface area contributed by atoms with Gasteiger partial charge in [0.1, 0.15) is 0 Å². The van der Waals surface area contributed by atoms with Crippen molar-refractivity contribution in [2.45, 2.75) is 12.1 Å². The Labute approximate surface area is 84.8 Å². The first-order valence-electron chi connectivity index (χ1n) is 3.71. The smallest absolute Gasteiger partial charge is 0.394 e. The zero-order valence-electron chi connectivity index (χ0n) is 7.40. The fraction of sp³-hybridized carbons (Fsp3) is 0.333. The minimum atomic E-state index is -5.97. The fourth-order valence-electron chi connectivity index (χ4n) is 0.716. The van der Waals surface area contributed by atoms with E-state index in [9.17, 15) is 26.7 Å². The van der Waals surface area contributed by atoms with Crippen molar-refractivity contribution in [3.63, 3.8) is 0 Å². The number of nitrogens with zero attached hydrogens (tertiary/aromatic N) is 1. The number of anilines is 2. The Kier molecular flexibility index (Phi) is 2.75. The molecule has 10 heteroatoms. The van der Waals surface area contributed by atoms with Gasteiger partial charge < -0.3 is 11.1 Å². The molecule has 0 aliphatic rings. The van der Waals surface area contributed by atoms with E-state index in [1.54, 1.807) is 0 Å². The number of carbonyl (C=O) groups is 1. The molecule has 0 saturated carbocycles. The quantitative estimate of drug-likeness (QED) is 0.682. The van der Waals surface area contributed by atoms with Crippen LogP contribution in [0.15, 0.2) is 6.20 Å². The van der Waals surface area contributed by atoms with Gasteiger partial charge in [-0.1, -0.05) is 0 Å². The molecule has 1 aromatic heterocycles. The van der Waals surface area contributed by atoms with Gasteiger partial charge in [0.15, 0.2) is 5.82 Å². The third-order valence-corrected chi connectivity index (χ3v) is 1.55. The third-order valence-electron chi connectivity index (χ3n) is 1.55. The maximum Gasteiger partial charge on any atom is 0.463 e. The minimum Gasteiger partial charge on any atom is -0.394 e. The van der Waals surface area contributed by atoms with Crippen molar-refractivity contribution in [3.05, 3.63) is 6.20 Å². The molecule has 0 unspecified atom stereocenters. The highest BCUT2D eigenvalue weighted by molar-refractivity contribution is 5.97. The number of nitrogen functional groups attached to an aromatic ring is 1. The number of halogens is 5. The standard InChI is InChI=1S/C6H5F5N4O/c7-5(8,6(9,10)11)4(16)14-3-2(12)1-13-15-3/h1H,12H2,(H2,13,14,15,16). The van der Waals surface area contributed by atoms with Gasteiger partial charge in [0.2, 0.25) is 0 Å². The molecule has 0 radical (unpaired) electrons. The predicted octanol–water partition coefficient (Wildman–Crippen LogP) is 1.13. The lowest BCUT2D eigenvalue weighted by Crippen LogP contribution is -2.47. The number of amides is 1. The number of carbonyl (C=O) groups excluding carboxylic acids is 1. The number of H-pyrrole nitrogens is 1. The van der Waals surface area contributed by atoms with E-state index in [1.807, 2.05) is 5.10 Å². The van der Waals surface area contributed by atoms with E-state index in [2.05, 4.69) is 5.10 Å². The number of aromatic nitrogens is 2. The molecule has 0 aromatic carbocycles. The Morgan fingerprint density at radius 3 is 2.31 bits per heavy atom. The fourth-order valence-corrected chi connectivity index (χ4v) is 0.716. The van der Waals surface area contributed by atoms with Crippen LogP contribution in [-0.2, 0) is 4.79 Å². The highest BCUT2D eigenvalue weighted by atomic mass is 19.4. The molecule has 90 valence electrons. The second kappa shape index (κ2) is 3.61.